The smallest absolute Gasteiger partial charge is 0.464 e. The number of carbonyl (C=O) groups is 2. The predicted octanol–water partition coefficient (Wildman–Crippen LogP) is 3.16. The minimum atomic E-state index is -0.831. The van der Waals surface area contributed by atoms with E-state index in [1.807, 2.05) is 24.3 Å². The van der Waals surface area contributed by atoms with E-state index < -0.39 is 30.5 Å². The van der Waals surface area contributed by atoms with Crippen LogP contribution in [0.3, 0.4) is 0 Å². The Bertz CT molecular complexity index is 1310. The van der Waals surface area contributed by atoms with Crippen LogP contribution >= 0.6 is 0 Å². The minimum Gasteiger partial charge on any atom is -0.464 e. The molecule has 10 heteroatoms. The molecule has 1 aromatic carbocycles. The fourth-order valence-corrected chi connectivity index (χ4v) is 6.48. The van der Waals surface area contributed by atoms with E-state index in [4.69, 9.17) is 13.7 Å². The van der Waals surface area contributed by atoms with Crippen LogP contribution in [0, 0.1) is 17.3 Å². The molecule has 4 fully saturated rings. The van der Waals surface area contributed by atoms with Crippen molar-refractivity contribution in [1.29, 1.82) is 0 Å². The normalized spacial score (nSPS) is 28.8. The Morgan fingerprint density at radius 3 is 2.78 bits per heavy atom. The van der Waals surface area contributed by atoms with Crippen molar-refractivity contribution in [1.82, 2.24) is 15.3 Å². The summed E-state index contributed by atoms with van der Waals surface area (Å²) in [7, 11) is -0.697. The van der Waals surface area contributed by atoms with Crippen LogP contribution in [-0.2, 0) is 25.3 Å². The molecule has 4 aliphatic rings. The van der Waals surface area contributed by atoms with Crippen LogP contribution in [0.15, 0.2) is 53.5 Å². The second-order valence-electron chi connectivity index (χ2n) is 10.9. The van der Waals surface area contributed by atoms with E-state index in [9.17, 15) is 9.59 Å². The number of amides is 2. The van der Waals surface area contributed by atoms with Crippen molar-refractivity contribution in [3.05, 3.63) is 54.7 Å². The molecule has 2 aromatic heterocycles. The molecule has 5 atom stereocenters. The number of rotatable bonds is 5. The van der Waals surface area contributed by atoms with E-state index in [2.05, 4.69) is 41.4 Å². The first-order valence-corrected chi connectivity index (χ1v) is 12.4. The monoisotopic (exact) mass is 488 g/mol. The molecular formula is C26H29BN4O5. The van der Waals surface area contributed by atoms with Crippen LogP contribution < -0.4 is 10.6 Å². The molecule has 9 nitrogen and oxygen atoms in total. The Morgan fingerprint density at radius 1 is 1.17 bits per heavy atom. The van der Waals surface area contributed by atoms with E-state index >= 15 is 0 Å². The zero-order valence-corrected chi connectivity index (χ0v) is 20.6. The van der Waals surface area contributed by atoms with Crippen LogP contribution in [0.25, 0.3) is 11.0 Å². The van der Waals surface area contributed by atoms with Gasteiger partial charge >= 0.3 is 18.9 Å². The first kappa shape index (κ1) is 23.2. The average molecular weight is 488 g/mol. The zero-order valence-electron chi connectivity index (χ0n) is 20.6. The Morgan fingerprint density at radius 2 is 2.00 bits per heavy atom. The highest BCUT2D eigenvalue weighted by Crippen LogP contribution is 2.65. The standard InChI is InChI=1S/C26H29BN4O5/c1-25(2)16-11-19(25)26(3)20(12-16)35-27(36-26)21(10-15-14-34-18-7-5-4-6-17(15)18)30-23(32)24(33)31-22-13-28-8-9-29-22/h4-9,13-14,16,19-21H,10-12H2,1-3H3,(H,30,32)(H,29,31,33)/t16?,19?,20-,21?,26+/m1/s1. The van der Waals surface area contributed by atoms with Crippen molar-refractivity contribution < 1.29 is 23.3 Å². The third kappa shape index (κ3) is 3.71. The molecule has 7 rings (SSSR count). The van der Waals surface area contributed by atoms with Gasteiger partial charge in [-0.1, -0.05) is 32.0 Å². The number of carbonyl (C=O) groups excluding carboxylic acids is 2. The predicted molar refractivity (Wildman–Crippen MR) is 133 cm³/mol. The molecule has 3 aromatic rings. The SMILES string of the molecule is CC1(C)C2CC1[C@]1(C)OB(C(Cc3coc4ccccc34)NC(=O)C(=O)Nc3cnccn3)O[C@@H]1C2. The Kier molecular flexibility index (Phi) is 5.42. The van der Waals surface area contributed by atoms with E-state index in [0.29, 0.717) is 18.3 Å². The van der Waals surface area contributed by atoms with E-state index in [0.717, 1.165) is 29.4 Å². The summed E-state index contributed by atoms with van der Waals surface area (Å²) in [6.07, 6.45) is 8.38. The second kappa shape index (κ2) is 8.42. The molecule has 1 saturated heterocycles. The summed E-state index contributed by atoms with van der Waals surface area (Å²) in [6.45, 7) is 6.74. The summed E-state index contributed by atoms with van der Waals surface area (Å²) < 4.78 is 18.8. The number of hydrogen-bond acceptors (Lipinski definition) is 7. The molecule has 186 valence electrons. The van der Waals surface area contributed by atoms with Gasteiger partial charge in [0.15, 0.2) is 5.82 Å². The van der Waals surface area contributed by atoms with Gasteiger partial charge in [-0.15, -0.1) is 0 Å². The molecule has 36 heavy (non-hydrogen) atoms. The maximum Gasteiger partial charge on any atom is 0.482 e. The van der Waals surface area contributed by atoms with Gasteiger partial charge in [0.05, 0.1) is 30.1 Å². The Labute approximate surface area is 209 Å². The minimum absolute atomic E-state index is 0.0480. The topological polar surface area (TPSA) is 116 Å². The number of nitrogens with one attached hydrogen (secondary N) is 2. The van der Waals surface area contributed by atoms with Crippen LogP contribution in [0.5, 0.6) is 0 Å². The van der Waals surface area contributed by atoms with Gasteiger partial charge in [-0.25, -0.2) is 4.98 Å². The molecular weight excluding hydrogens is 459 g/mol. The van der Waals surface area contributed by atoms with Crippen LogP contribution in [0.1, 0.15) is 39.2 Å². The van der Waals surface area contributed by atoms with E-state index in [-0.39, 0.29) is 17.3 Å². The third-order valence-corrected chi connectivity index (χ3v) is 8.63. The van der Waals surface area contributed by atoms with Crippen molar-refractivity contribution >= 4 is 35.7 Å². The number of nitrogens with zero attached hydrogens (tertiary/aromatic N) is 2. The highest BCUT2D eigenvalue weighted by Gasteiger charge is 2.68. The van der Waals surface area contributed by atoms with E-state index in [1.165, 1.54) is 18.6 Å². The molecule has 3 unspecified atom stereocenters. The van der Waals surface area contributed by atoms with Gasteiger partial charge in [-0.2, -0.15) is 0 Å². The van der Waals surface area contributed by atoms with Crippen molar-refractivity contribution in [2.75, 3.05) is 5.32 Å². The summed E-state index contributed by atoms with van der Waals surface area (Å²) in [5.41, 5.74) is 1.42. The largest absolute Gasteiger partial charge is 0.482 e. The van der Waals surface area contributed by atoms with E-state index in [1.54, 1.807) is 6.26 Å². The van der Waals surface area contributed by atoms with Crippen molar-refractivity contribution in [3.63, 3.8) is 0 Å². The lowest BCUT2D eigenvalue weighted by atomic mass is 9.43. The first-order chi connectivity index (χ1) is 17.3. The average Bonchev–Trinajstić information content (AvgIpc) is 3.44. The van der Waals surface area contributed by atoms with Gasteiger partial charge in [0, 0.05) is 17.8 Å². The summed E-state index contributed by atoms with van der Waals surface area (Å²) in [5, 5.41) is 6.30. The zero-order chi connectivity index (χ0) is 25.1. The van der Waals surface area contributed by atoms with Crippen molar-refractivity contribution in [2.45, 2.75) is 57.7 Å². The number of anilines is 1. The van der Waals surface area contributed by atoms with Crippen LogP contribution in [0.4, 0.5) is 5.82 Å². The molecule has 3 aliphatic carbocycles. The Balaban J connectivity index is 1.25. The molecule has 0 spiro atoms. The van der Waals surface area contributed by atoms with Crippen molar-refractivity contribution in [2.24, 2.45) is 17.3 Å². The number of benzene rings is 1. The van der Waals surface area contributed by atoms with Gasteiger partial charge < -0.3 is 24.4 Å². The number of para-hydroxylation sites is 1. The third-order valence-electron chi connectivity index (χ3n) is 8.63. The lowest BCUT2D eigenvalue weighted by molar-refractivity contribution is -0.199. The van der Waals surface area contributed by atoms with Gasteiger partial charge in [0.25, 0.3) is 0 Å². The molecule has 2 N–H and O–H groups in total. The Hall–Kier alpha value is -3.24. The fourth-order valence-electron chi connectivity index (χ4n) is 6.48. The molecule has 1 aliphatic heterocycles. The fraction of sp³-hybridized carbons (Fsp3) is 0.462. The second-order valence-corrected chi connectivity index (χ2v) is 10.9. The summed E-state index contributed by atoms with van der Waals surface area (Å²) in [5.74, 6) is -1.05. The summed E-state index contributed by atoms with van der Waals surface area (Å²) in [4.78, 5) is 33.5. The van der Waals surface area contributed by atoms with Gasteiger partial charge in [0.1, 0.15) is 5.58 Å². The number of aromatic nitrogens is 2. The lowest BCUT2D eigenvalue weighted by Crippen LogP contribution is -2.65. The molecule has 3 heterocycles. The van der Waals surface area contributed by atoms with Crippen molar-refractivity contribution in [3.8, 4) is 0 Å². The molecule has 0 radical (unpaired) electrons. The number of furan rings is 1. The lowest BCUT2D eigenvalue weighted by Gasteiger charge is -2.64. The summed E-state index contributed by atoms with van der Waals surface area (Å²) in [6, 6.07) is 7.72. The number of hydrogen-bond donors (Lipinski definition) is 2. The molecule has 2 bridgehead atoms. The van der Waals surface area contributed by atoms with Gasteiger partial charge in [-0.05, 0) is 55.1 Å². The quantitative estimate of drug-likeness (QED) is 0.419. The summed E-state index contributed by atoms with van der Waals surface area (Å²) >= 11 is 0. The molecule has 2 amide bonds. The highest BCUT2D eigenvalue weighted by atomic mass is 16.7. The maximum atomic E-state index is 13.0. The van der Waals surface area contributed by atoms with Crippen LogP contribution in [-0.4, -0.2) is 46.5 Å². The van der Waals surface area contributed by atoms with Crippen LogP contribution in [0.2, 0.25) is 0 Å². The van der Waals surface area contributed by atoms with Gasteiger partial charge in [0.2, 0.25) is 0 Å². The maximum absolute atomic E-state index is 13.0. The molecule has 3 saturated carbocycles. The highest BCUT2D eigenvalue weighted by molar-refractivity contribution is 6.49. The van der Waals surface area contributed by atoms with Gasteiger partial charge in [-0.3, -0.25) is 14.6 Å². The first-order valence-electron chi connectivity index (χ1n) is 12.4. The number of fused-ring (bicyclic) bond motifs is 1.